The van der Waals surface area contributed by atoms with Gasteiger partial charge in [0, 0.05) is 4.90 Å². The topological polar surface area (TPSA) is 81.4 Å². The van der Waals surface area contributed by atoms with Crippen molar-refractivity contribution >= 4 is 16.9 Å². The van der Waals surface area contributed by atoms with Gasteiger partial charge < -0.3 is 10.5 Å². The van der Waals surface area contributed by atoms with E-state index in [4.69, 9.17) is 10.5 Å². The first-order valence-corrected chi connectivity index (χ1v) is 9.22. The van der Waals surface area contributed by atoms with E-state index >= 15 is 0 Å². The Bertz CT molecular complexity index is 798. The van der Waals surface area contributed by atoms with Gasteiger partial charge in [0.25, 0.3) is 0 Å². The molecule has 0 aliphatic heterocycles. The van der Waals surface area contributed by atoms with Crippen molar-refractivity contribution in [1.29, 1.82) is 0 Å². The highest BCUT2D eigenvalue weighted by Crippen LogP contribution is 2.28. The Kier molecular flexibility index (Phi) is 6.61. The summed E-state index contributed by atoms with van der Waals surface area (Å²) in [7, 11) is -2.08. The molecule has 0 radical (unpaired) electrons. The number of carbonyl (C=O) groups is 1. The van der Waals surface area contributed by atoms with Gasteiger partial charge in [0.05, 0.1) is 16.6 Å². The zero-order valence-corrected chi connectivity index (χ0v) is 15.3. The SMILES string of the molecule is Cc1ccc([S@](=O)CC(N)(NC(=O)OCc2ccccc2)C(F)(F)F)cc1. The third kappa shape index (κ3) is 5.80. The minimum atomic E-state index is -5.03. The number of hydrogen-bond acceptors (Lipinski definition) is 4. The maximum Gasteiger partial charge on any atom is 0.425 e. The maximum atomic E-state index is 13.4. The number of rotatable bonds is 6. The monoisotopic (exact) mass is 400 g/mol. The molecule has 0 saturated carbocycles. The zero-order chi connectivity index (χ0) is 20.1. The molecule has 2 atom stereocenters. The van der Waals surface area contributed by atoms with Crippen LogP contribution in [0.1, 0.15) is 11.1 Å². The Morgan fingerprint density at radius 1 is 1.11 bits per heavy atom. The molecule has 2 aromatic rings. The van der Waals surface area contributed by atoms with E-state index in [0.717, 1.165) is 5.56 Å². The van der Waals surface area contributed by atoms with E-state index in [1.165, 1.54) is 12.1 Å². The Hall–Kier alpha value is -2.39. The van der Waals surface area contributed by atoms with E-state index in [1.807, 2.05) is 0 Å². The van der Waals surface area contributed by atoms with Gasteiger partial charge in [-0.1, -0.05) is 48.0 Å². The first-order chi connectivity index (χ1) is 12.6. The lowest BCUT2D eigenvalue weighted by atomic mass is 10.2. The highest BCUT2D eigenvalue weighted by molar-refractivity contribution is 7.85. The van der Waals surface area contributed by atoms with Gasteiger partial charge in [-0.25, -0.2) is 4.79 Å². The number of aryl methyl sites for hydroxylation is 1. The van der Waals surface area contributed by atoms with Crippen molar-refractivity contribution in [3.05, 3.63) is 65.7 Å². The molecule has 3 N–H and O–H groups in total. The van der Waals surface area contributed by atoms with Crippen LogP contribution in [0, 0.1) is 6.92 Å². The van der Waals surface area contributed by atoms with Crippen molar-refractivity contribution in [2.45, 2.75) is 30.3 Å². The van der Waals surface area contributed by atoms with Crippen molar-refractivity contribution in [2.75, 3.05) is 5.75 Å². The van der Waals surface area contributed by atoms with Gasteiger partial charge in [0.2, 0.25) is 5.66 Å². The van der Waals surface area contributed by atoms with Crippen LogP contribution in [-0.2, 0) is 22.1 Å². The Balaban J connectivity index is 2.07. The number of nitrogens with one attached hydrogen (secondary N) is 1. The first kappa shape index (κ1) is 20.9. The number of alkyl carbamates (subject to hydrolysis) is 1. The zero-order valence-electron chi connectivity index (χ0n) is 14.5. The number of amides is 1. The van der Waals surface area contributed by atoms with Crippen molar-refractivity contribution in [3.8, 4) is 0 Å². The van der Waals surface area contributed by atoms with E-state index in [2.05, 4.69) is 0 Å². The molecule has 0 saturated heterocycles. The normalized spacial score (nSPS) is 14.9. The number of halogens is 3. The van der Waals surface area contributed by atoms with Gasteiger partial charge >= 0.3 is 12.3 Å². The van der Waals surface area contributed by atoms with E-state index < -0.39 is 34.5 Å². The molecule has 146 valence electrons. The minimum absolute atomic E-state index is 0.180. The molecule has 2 rings (SSSR count). The summed E-state index contributed by atoms with van der Waals surface area (Å²) in [5.74, 6) is -1.04. The molecule has 0 bridgehead atoms. The van der Waals surface area contributed by atoms with E-state index in [9.17, 15) is 22.2 Å². The molecule has 0 fully saturated rings. The summed E-state index contributed by atoms with van der Waals surface area (Å²) in [6.07, 6.45) is -6.38. The van der Waals surface area contributed by atoms with Gasteiger partial charge in [-0.15, -0.1) is 0 Å². The lowest BCUT2D eigenvalue weighted by molar-refractivity contribution is -0.186. The van der Waals surface area contributed by atoms with Crippen molar-refractivity contribution in [2.24, 2.45) is 5.73 Å². The molecule has 5 nitrogen and oxygen atoms in total. The second kappa shape index (κ2) is 8.53. The fourth-order valence-corrected chi connectivity index (χ4v) is 3.37. The molecule has 0 heterocycles. The summed E-state index contributed by atoms with van der Waals surface area (Å²) < 4.78 is 57.4. The second-order valence-corrected chi connectivity index (χ2v) is 7.41. The highest BCUT2D eigenvalue weighted by atomic mass is 32.2. The summed E-state index contributed by atoms with van der Waals surface area (Å²) in [6, 6.07) is 14.6. The van der Waals surface area contributed by atoms with Gasteiger partial charge in [-0.05, 0) is 24.6 Å². The quantitative estimate of drug-likeness (QED) is 0.730. The summed E-state index contributed by atoms with van der Waals surface area (Å²) in [5, 5.41) is 1.61. The standard InChI is InChI=1S/C18H19F3N2O3S/c1-13-7-9-15(10-8-13)27(25)12-17(22,18(19,20)21)23-16(24)26-11-14-5-3-2-4-6-14/h2-10H,11-12,22H2,1H3,(H,23,24)/t17?,27-/m1/s1. The van der Waals surface area contributed by atoms with Crippen LogP contribution in [-0.4, -0.2) is 27.9 Å². The van der Waals surface area contributed by atoms with Crippen LogP contribution in [0.2, 0.25) is 0 Å². The van der Waals surface area contributed by atoms with Crippen molar-refractivity contribution < 1.29 is 26.9 Å². The number of alkyl halides is 3. The predicted molar refractivity (Wildman–Crippen MR) is 95.2 cm³/mol. The molecule has 0 aromatic heterocycles. The van der Waals surface area contributed by atoms with E-state index in [0.29, 0.717) is 5.56 Å². The van der Waals surface area contributed by atoms with Crippen LogP contribution in [0.15, 0.2) is 59.5 Å². The highest BCUT2D eigenvalue weighted by Gasteiger charge is 2.54. The summed E-state index contributed by atoms with van der Waals surface area (Å²) >= 11 is 0. The van der Waals surface area contributed by atoms with Crippen molar-refractivity contribution in [1.82, 2.24) is 5.32 Å². The van der Waals surface area contributed by atoms with Gasteiger partial charge in [0.1, 0.15) is 6.61 Å². The molecule has 0 spiro atoms. The largest absolute Gasteiger partial charge is 0.445 e. The number of nitrogens with two attached hydrogens (primary N) is 1. The first-order valence-electron chi connectivity index (χ1n) is 7.90. The smallest absolute Gasteiger partial charge is 0.425 e. The lowest BCUT2D eigenvalue weighted by Gasteiger charge is -2.31. The van der Waals surface area contributed by atoms with E-state index in [1.54, 1.807) is 54.7 Å². The van der Waals surface area contributed by atoms with E-state index in [-0.39, 0.29) is 11.5 Å². The van der Waals surface area contributed by atoms with Crippen LogP contribution in [0.5, 0.6) is 0 Å². The van der Waals surface area contributed by atoms with Crippen LogP contribution in [0.4, 0.5) is 18.0 Å². The van der Waals surface area contributed by atoms with Gasteiger partial charge in [-0.2, -0.15) is 13.2 Å². The van der Waals surface area contributed by atoms with Crippen LogP contribution in [0.25, 0.3) is 0 Å². The Labute approximate surface area is 157 Å². The molecular formula is C18H19F3N2O3S. The molecule has 0 aliphatic rings. The Morgan fingerprint density at radius 2 is 1.70 bits per heavy atom. The minimum Gasteiger partial charge on any atom is -0.445 e. The molecule has 1 amide bonds. The molecule has 2 aromatic carbocycles. The number of ether oxygens (including phenoxy) is 1. The third-order valence-corrected chi connectivity index (χ3v) is 5.20. The second-order valence-electron chi connectivity index (χ2n) is 5.96. The third-order valence-electron chi connectivity index (χ3n) is 3.69. The number of benzene rings is 2. The fourth-order valence-electron chi connectivity index (χ4n) is 2.11. The molecule has 1 unspecified atom stereocenters. The lowest BCUT2D eigenvalue weighted by Crippen LogP contribution is -2.68. The Morgan fingerprint density at radius 3 is 2.26 bits per heavy atom. The van der Waals surface area contributed by atoms with Crippen LogP contribution >= 0.6 is 0 Å². The number of hydrogen-bond donors (Lipinski definition) is 2. The van der Waals surface area contributed by atoms with Crippen LogP contribution < -0.4 is 11.1 Å². The van der Waals surface area contributed by atoms with Gasteiger partial charge in [0.15, 0.2) is 0 Å². The number of carbonyl (C=O) groups excluding carboxylic acids is 1. The maximum absolute atomic E-state index is 13.4. The average molecular weight is 400 g/mol. The molecule has 0 aliphatic carbocycles. The van der Waals surface area contributed by atoms with Crippen molar-refractivity contribution in [3.63, 3.8) is 0 Å². The van der Waals surface area contributed by atoms with Crippen LogP contribution in [0.3, 0.4) is 0 Å². The summed E-state index contributed by atoms with van der Waals surface area (Å²) in [5.41, 5.74) is 3.66. The molecule has 27 heavy (non-hydrogen) atoms. The fraction of sp³-hybridized carbons (Fsp3) is 0.278. The average Bonchev–Trinajstić information content (AvgIpc) is 2.60. The molecule has 9 heteroatoms. The van der Waals surface area contributed by atoms with Gasteiger partial charge in [-0.3, -0.25) is 9.53 Å². The molecular weight excluding hydrogens is 381 g/mol. The predicted octanol–water partition coefficient (Wildman–Crippen LogP) is 3.25. The summed E-state index contributed by atoms with van der Waals surface area (Å²) in [4.78, 5) is 12.0. The summed E-state index contributed by atoms with van der Waals surface area (Å²) in [6.45, 7) is 1.57.